The summed E-state index contributed by atoms with van der Waals surface area (Å²) >= 11 is 0. The summed E-state index contributed by atoms with van der Waals surface area (Å²) in [5.41, 5.74) is 5.37. The molecule has 1 aromatic carbocycles. The highest BCUT2D eigenvalue weighted by atomic mass is 15.1. The van der Waals surface area contributed by atoms with Gasteiger partial charge in [0.2, 0.25) is 6.33 Å². The second-order valence-corrected chi connectivity index (χ2v) is 7.28. The summed E-state index contributed by atoms with van der Waals surface area (Å²) in [5, 5.41) is 0. The fraction of sp³-hybridized carbons (Fsp3) is 0.591. The van der Waals surface area contributed by atoms with Crippen LogP contribution in [0.3, 0.4) is 0 Å². The molecule has 132 valence electrons. The first-order valence-electron chi connectivity index (χ1n) is 9.77. The lowest BCUT2D eigenvalue weighted by Gasteiger charge is -2.07. The van der Waals surface area contributed by atoms with Gasteiger partial charge in [-0.15, -0.1) is 0 Å². The van der Waals surface area contributed by atoms with Crippen LogP contribution < -0.4 is 4.57 Å². The summed E-state index contributed by atoms with van der Waals surface area (Å²) in [6, 6.07) is 4.54. The van der Waals surface area contributed by atoms with E-state index in [1.54, 1.807) is 0 Å². The quantitative estimate of drug-likeness (QED) is 0.383. The minimum atomic E-state index is 1.13. The Balaban J connectivity index is 1.80. The van der Waals surface area contributed by atoms with Crippen LogP contribution in [0.5, 0.6) is 0 Å². The first kappa shape index (κ1) is 18.8. The molecule has 0 saturated carbocycles. The zero-order chi connectivity index (χ0) is 17.4. The summed E-state index contributed by atoms with van der Waals surface area (Å²) in [7, 11) is 0. The van der Waals surface area contributed by atoms with E-state index in [0.29, 0.717) is 0 Å². The maximum atomic E-state index is 2.33. The molecule has 2 rings (SSSR count). The molecular weight excluding hydrogens is 292 g/mol. The Morgan fingerprint density at radius 2 is 1.42 bits per heavy atom. The van der Waals surface area contributed by atoms with Gasteiger partial charge >= 0.3 is 0 Å². The lowest BCUT2D eigenvalue weighted by Crippen LogP contribution is -2.30. The van der Waals surface area contributed by atoms with Crippen LogP contribution in [0.4, 0.5) is 0 Å². The van der Waals surface area contributed by atoms with Crippen molar-refractivity contribution in [2.24, 2.45) is 0 Å². The minimum absolute atomic E-state index is 1.13. The molecule has 2 nitrogen and oxygen atoms in total. The Bertz CT molecular complexity index is 602. The van der Waals surface area contributed by atoms with Gasteiger partial charge in [-0.05, 0) is 44.7 Å². The molecule has 0 spiro atoms. The lowest BCUT2D eigenvalue weighted by atomic mass is 10.1. The molecule has 2 aromatic rings. The van der Waals surface area contributed by atoms with E-state index in [0.717, 1.165) is 6.54 Å². The zero-order valence-corrected chi connectivity index (χ0v) is 16.1. The molecule has 0 amide bonds. The van der Waals surface area contributed by atoms with Crippen molar-refractivity contribution in [3.8, 4) is 5.69 Å². The van der Waals surface area contributed by atoms with Gasteiger partial charge in [0.05, 0.1) is 6.54 Å². The fourth-order valence-corrected chi connectivity index (χ4v) is 3.67. The van der Waals surface area contributed by atoms with E-state index in [9.17, 15) is 0 Å². The van der Waals surface area contributed by atoms with Crippen molar-refractivity contribution < 1.29 is 4.57 Å². The summed E-state index contributed by atoms with van der Waals surface area (Å²) in [5.74, 6) is 0. The van der Waals surface area contributed by atoms with Gasteiger partial charge in [-0.3, -0.25) is 0 Å². The molecule has 0 radical (unpaired) electrons. The van der Waals surface area contributed by atoms with Gasteiger partial charge in [0.1, 0.15) is 18.1 Å². The number of imidazole rings is 1. The third kappa shape index (κ3) is 5.51. The summed E-state index contributed by atoms with van der Waals surface area (Å²) in [6.07, 6.45) is 17.7. The molecule has 0 aliphatic carbocycles. The maximum absolute atomic E-state index is 2.33. The number of benzene rings is 1. The second-order valence-electron chi connectivity index (χ2n) is 7.28. The largest absolute Gasteiger partial charge is 0.248 e. The van der Waals surface area contributed by atoms with Crippen LogP contribution in [0, 0.1) is 20.8 Å². The van der Waals surface area contributed by atoms with Crippen molar-refractivity contribution in [1.29, 1.82) is 0 Å². The number of rotatable bonds is 10. The summed E-state index contributed by atoms with van der Waals surface area (Å²) in [6.45, 7) is 9.99. The third-order valence-electron chi connectivity index (χ3n) is 4.85. The number of aryl methyl sites for hydroxylation is 4. The molecule has 0 bridgehead atoms. The van der Waals surface area contributed by atoms with Crippen molar-refractivity contribution in [2.75, 3.05) is 0 Å². The average Bonchev–Trinajstić information content (AvgIpc) is 2.97. The number of nitrogens with zero attached hydrogens (tertiary/aromatic N) is 2. The highest BCUT2D eigenvalue weighted by molar-refractivity contribution is 5.48. The van der Waals surface area contributed by atoms with E-state index in [4.69, 9.17) is 0 Å². The highest BCUT2D eigenvalue weighted by Gasteiger charge is 2.12. The Kier molecular flexibility index (Phi) is 7.55. The SMILES string of the molecule is CCCCCCCCCC[n+]1ccn(-c2c(C)cc(C)cc2C)c1. The number of aromatic nitrogens is 2. The van der Waals surface area contributed by atoms with Crippen LogP contribution in [-0.4, -0.2) is 4.57 Å². The van der Waals surface area contributed by atoms with E-state index in [1.807, 2.05) is 0 Å². The molecule has 0 saturated heterocycles. The van der Waals surface area contributed by atoms with Crippen molar-refractivity contribution in [2.45, 2.75) is 85.6 Å². The van der Waals surface area contributed by atoms with Crippen molar-refractivity contribution >= 4 is 0 Å². The molecule has 0 aliphatic rings. The molecule has 0 fully saturated rings. The third-order valence-corrected chi connectivity index (χ3v) is 4.85. The van der Waals surface area contributed by atoms with Gasteiger partial charge in [-0.2, -0.15) is 0 Å². The molecule has 1 heterocycles. The number of hydrogen-bond donors (Lipinski definition) is 0. The van der Waals surface area contributed by atoms with Crippen LogP contribution in [0.15, 0.2) is 30.9 Å². The van der Waals surface area contributed by atoms with Gasteiger partial charge in [0.15, 0.2) is 0 Å². The minimum Gasteiger partial charge on any atom is -0.236 e. The van der Waals surface area contributed by atoms with Crippen LogP contribution in [0.1, 0.15) is 75.0 Å². The normalized spacial score (nSPS) is 11.2. The summed E-state index contributed by atoms with van der Waals surface area (Å²) < 4.78 is 4.60. The second kappa shape index (κ2) is 9.66. The predicted octanol–water partition coefficient (Wildman–Crippen LogP) is 5.83. The van der Waals surface area contributed by atoms with Crippen LogP contribution >= 0.6 is 0 Å². The standard InChI is InChI=1S/C22H35N2/c1-5-6-7-8-9-10-11-12-13-23-14-15-24(18-23)22-20(3)16-19(2)17-21(22)4/h14-18H,5-13H2,1-4H3/q+1. The highest BCUT2D eigenvalue weighted by Crippen LogP contribution is 2.20. The summed E-state index contributed by atoms with van der Waals surface area (Å²) in [4.78, 5) is 0. The molecular formula is C22H35N2+. The average molecular weight is 328 g/mol. The van der Waals surface area contributed by atoms with Crippen molar-refractivity contribution in [1.82, 2.24) is 4.57 Å². The molecule has 0 atom stereocenters. The Morgan fingerprint density at radius 1 is 0.833 bits per heavy atom. The molecule has 0 N–H and O–H groups in total. The van der Waals surface area contributed by atoms with E-state index in [1.165, 1.54) is 73.7 Å². The molecule has 0 unspecified atom stereocenters. The van der Waals surface area contributed by atoms with Gasteiger partial charge in [0, 0.05) is 0 Å². The van der Waals surface area contributed by atoms with Crippen molar-refractivity contribution in [3.63, 3.8) is 0 Å². The molecule has 24 heavy (non-hydrogen) atoms. The van der Waals surface area contributed by atoms with Crippen LogP contribution in [0.25, 0.3) is 5.69 Å². The van der Waals surface area contributed by atoms with E-state index >= 15 is 0 Å². The predicted molar refractivity (Wildman–Crippen MR) is 103 cm³/mol. The Labute approximate surface area is 148 Å². The van der Waals surface area contributed by atoms with Gasteiger partial charge in [-0.25, -0.2) is 9.13 Å². The molecule has 1 aromatic heterocycles. The van der Waals surface area contributed by atoms with Gasteiger partial charge in [0.25, 0.3) is 0 Å². The Hall–Kier alpha value is -1.57. The van der Waals surface area contributed by atoms with Crippen LogP contribution in [-0.2, 0) is 6.54 Å². The first-order valence-corrected chi connectivity index (χ1v) is 9.77. The first-order chi connectivity index (χ1) is 11.6. The lowest BCUT2D eigenvalue weighted by molar-refractivity contribution is -0.696. The Morgan fingerprint density at radius 3 is 2.04 bits per heavy atom. The maximum Gasteiger partial charge on any atom is 0.248 e. The van der Waals surface area contributed by atoms with E-state index in [2.05, 4.69) is 67.7 Å². The fourth-order valence-electron chi connectivity index (χ4n) is 3.67. The monoisotopic (exact) mass is 327 g/mol. The zero-order valence-electron chi connectivity index (χ0n) is 16.1. The van der Waals surface area contributed by atoms with E-state index in [-0.39, 0.29) is 0 Å². The van der Waals surface area contributed by atoms with Gasteiger partial charge < -0.3 is 0 Å². The number of hydrogen-bond acceptors (Lipinski definition) is 0. The smallest absolute Gasteiger partial charge is 0.236 e. The van der Waals surface area contributed by atoms with Gasteiger partial charge in [-0.1, -0.05) is 63.1 Å². The molecule has 0 aliphatic heterocycles. The topological polar surface area (TPSA) is 8.81 Å². The van der Waals surface area contributed by atoms with E-state index < -0.39 is 0 Å². The molecule has 2 heteroatoms. The van der Waals surface area contributed by atoms with Crippen LogP contribution in [0.2, 0.25) is 0 Å². The van der Waals surface area contributed by atoms with Crippen molar-refractivity contribution in [3.05, 3.63) is 47.5 Å². The number of unbranched alkanes of at least 4 members (excludes halogenated alkanes) is 7.